The maximum atomic E-state index is 12.8. The number of hydrogen-bond donors (Lipinski definition) is 1. The van der Waals surface area contributed by atoms with Gasteiger partial charge in [0.2, 0.25) is 11.7 Å². The predicted molar refractivity (Wildman–Crippen MR) is 139 cm³/mol. The number of para-hydroxylation sites is 2. The van der Waals surface area contributed by atoms with Crippen LogP contribution in [0.3, 0.4) is 0 Å². The van der Waals surface area contributed by atoms with E-state index in [0.29, 0.717) is 18.9 Å². The number of aromatic nitrogens is 3. The van der Waals surface area contributed by atoms with Gasteiger partial charge in [-0.25, -0.2) is 9.67 Å². The highest BCUT2D eigenvalue weighted by Crippen LogP contribution is 2.21. The first-order valence-electron chi connectivity index (χ1n) is 12.1. The first kappa shape index (κ1) is 23.3. The second-order valence-corrected chi connectivity index (χ2v) is 8.58. The summed E-state index contributed by atoms with van der Waals surface area (Å²) in [6.07, 6.45) is 0.238. The highest BCUT2D eigenvalue weighted by atomic mass is 16.2. The summed E-state index contributed by atoms with van der Waals surface area (Å²) in [5.41, 5.74) is 2.85. The lowest BCUT2D eigenvalue weighted by atomic mass is 10.2. The van der Waals surface area contributed by atoms with Crippen LogP contribution in [-0.2, 0) is 4.79 Å². The molecule has 182 valence electrons. The van der Waals surface area contributed by atoms with E-state index in [0.717, 1.165) is 24.3 Å². The summed E-state index contributed by atoms with van der Waals surface area (Å²) in [4.78, 5) is 34.2. The third kappa shape index (κ3) is 5.27. The van der Waals surface area contributed by atoms with Crippen molar-refractivity contribution in [2.75, 3.05) is 37.6 Å². The minimum atomic E-state index is -0.399. The number of amides is 2. The molecule has 0 aliphatic carbocycles. The molecule has 8 nitrogen and oxygen atoms in total. The van der Waals surface area contributed by atoms with Crippen LogP contribution >= 0.6 is 0 Å². The van der Waals surface area contributed by atoms with Crippen molar-refractivity contribution in [1.82, 2.24) is 25.0 Å². The van der Waals surface area contributed by atoms with Gasteiger partial charge in [0.15, 0.2) is 5.82 Å². The molecule has 1 aliphatic rings. The number of nitrogens with one attached hydrogen (secondary N) is 1. The molecule has 2 amide bonds. The van der Waals surface area contributed by atoms with Gasteiger partial charge >= 0.3 is 0 Å². The van der Waals surface area contributed by atoms with E-state index in [-0.39, 0.29) is 24.7 Å². The first-order valence-corrected chi connectivity index (χ1v) is 12.1. The number of rotatable bonds is 7. The van der Waals surface area contributed by atoms with Crippen LogP contribution < -0.4 is 10.2 Å². The second-order valence-electron chi connectivity index (χ2n) is 8.58. The smallest absolute Gasteiger partial charge is 0.291 e. The third-order valence-corrected chi connectivity index (χ3v) is 6.22. The van der Waals surface area contributed by atoms with Crippen LogP contribution in [0.15, 0.2) is 91.0 Å². The molecule has 1 aromatic heterocycles. The predicted octanol–water partition coefficient (Wildman–Crippen LogP) is 3.40. The van der Waals surface area contributed by atoms with E-state index in [4.69, 9.17) is 0 Å². The fraction of sp³-hybridized carbons (Fsp3) is 0.214. The standard InChI is InChI=1S/C28H28N6O2/c35-25(33-20-18-32(19-21-33)23-12-6-2-7-13-23)16-17-29-28(36)26-30-27(22-10-4-1-5-11-22)34(31-26)24-14-8-3-9-15-24/h1-15H,16-21H2,(H,29,36). The topological polar surface area (TPSA) is 83.4 Å². The Morgan fingerprint density at radius 2 is 1.33 bits per heavy atom. The summed E-state index contributed by atoms with van der Waals surface area (Å²) in [6, 6.07) is 29.4. The Morgan fingerprint density at radius 1 is 0.750 bits per heavy atom. The van der Waals surface area contributed by atoms with Crippen LogP contribution in [0.2, 0.25) is 0 Å². The Morgan fingerprint density at radius 3 is 1.97 bits per heavy atom. The van der Waals surface area contributed by atoms with Crippen molar-refractivity contribution in [1.29, 1.82) is 0 Å². The Hall–Kier alpha value is -4.46. The minimum Gasteiger partial charge on any atom is -0.368 e. The zero-order valence-electron chi connectivity index (χ0n) is 20.0. The van der Waals surface area contributed by atoms with Crippen LogP contribution in [-0.4, -0.2) is 64.2 Å². The molecule has 8 heteroatoms. The molecular weight excluding hydrogens is 452 g/mol. The number of anilines is 1. The highest BCUT2D eigenvalue weighted by molar-refractivity contribution is 5.91. The van der Waals surface area contributed by atoms with Gasteiger partial charge in [-0.05, 0) is 24.3 Å². The molecule has 1 saturated heterocycles. The van der Waals surface area contributed by atoms with Crippen LogP contribution in [0, 0.1) is 0 Å². The van der Waals surface area contributed by atoms with Crippen LogP contribution in [0.5, 0.6) is 0 Å². The molecule has 0 radical (unpaired) electrons. The quantitative estimate of drug-likeness (QED) is 0.438. The van der Waals surface area contributed by atoms with Crippen molar-refractivity contribution in [3.05, 3.63) is 96.8 Å². The summed E-state index contributed by atoms with van der Waals surface area (Å²) in [5.74, 6) is 0.292. The minimum absolute atomic E-state index is 0.0377. The van der Waals surface area contributed by atoms with Crippen LogP contribution in [0.4, 0.5) is 5.69 Å². The molecule has 36 heavy (non-hydrogen) atoms. The van der Waals surface area contributed by atoms with Gasteiger partial charge in [0.25, 0.3) is 5.91 Å². The van der Waals surface area contributed by atoms with Gasteiger partial charge in [-0.3, -0.25) is 9.59 Å². The molecule has 0 atom stereocenters. The van der Waals surface area contributed by atoms with Gasteiger partial charge in [0.05, 0.1) is 5.69 Å². The summed E-state index contributed by atoms with van der Waals surface area (Å²) < 4.78 is 1.67. The maximum Gasteiger partial charge on any atom is 0.291 e. The van der Waals surface area contributed by atoms with Crippen molar-refractivity contribution in [2.45, 2.75) is 6.42 Å². The van der Waals surface area contributed by atoms with Crippen LogP contribution in [0.25, 0.3) is 17.1 Å². The summed E-state index contributed by atoms with van der Waals surface area (Å²) in [5, 5.41) is 7.29. The van der Waals surface area contributed by atoms with Gasteiger partial charge in [-0.2, -0.15) is 0 Å². The lowest BCUT2D eigenvalue weighted by molar-refractivity contribution is -0.131. The first-order chi connectivity index (χ1) is 17.7. The molecule has 0 spiro atoms. The zero-order chi connectivity index (χ0) is 24.7. The summed E-state index contributed by atoms with van der Waals surface area (Å²) >= 11 is 0. The average molecular weight is 481 g/mol. The molecule has 1 N–H and O–H groups in total. The van der Waals surface area contributed by atoms with Gasteiger partial charge in [0, 0.05) is 50.4 Å². The van der Waals surface area contributed by atoms with E-state index < -0.39 is 5.91 Å². The molecule has 3 aromatic carbocycles. The molecule has 0 unspecified atom stereocenters. The number of hydrogen-bond acceptors (Lipinski definition) is 5. The summed E-state index contributed by atoms with van der Waals surface area (Å²) in [7, 11) is 0. The number of carbonyl (C=O) groups is 2. The zero-order valence-corrected chi connectivity index (χ0v) is 20.0. The Balaban J connectivity index is 1.18. The summed E-state index contributed by atoms with van der Waals surface area (Å²) in [6.45, 7) is 3.17. The normalized spacial score (nSPS) is 13.4. The van der Waals surface area contributed by atoms with Crippen molar-refractivity contribution in [3.63, 3.8) is 0 Å². The monoisotopic (exact) mass is 480 g/mol. The highest BCUT2D eigenvalue weighted by Gasteiger charge is 2.22. The lowest BCUT2D eigenvalue weighted by Gasteiger charge is -2.36. The molecule has 4 aromatic rings. The van der Waals surface area contributed by atoms with Crippen molar-refractivity contribution in [3.8, 4) is 17.1 Å². The Labute approximate surface area is 210 Å². The van der Waals surface area contributed by atoms with E-state index in [1.165, 1.54) is 5.69 Å². The lowest BCUT2D eigenvalue weighted by Crippen LogP contribution is -2.49. The molecule has 0 saturated carbocycles. The van der Waals surface area contributed by atoms with Crippen molar-refractivity contribution >= 4 is 17.5 Å². The van der Waals surface area contributed by atoms with E-state index in [9.17, 15) is 9.59 Å². The van der Waals surface area contributed by atoms with E-state index in [2.05, 4.69) is 32.4 Å². The van der Waals surface area contributed by atoms with E-state index in [1.807, 2.05) is 83.8 Å². The Kier molecular flexibility index (Phi) is 7.02. The second kappa shape index (κ2) is 10.9. The molecule has 1 fully saturated rings. The molecule has 5 rings (SSSR count). The van der Waals surface area contributed by atoms with Crippen LogP contribution in [0.1, 0.15) is 17.0 Å². The molecule has 2 heterocycles. The van der Waals surface area contributed by atoms with Gasteiger partial charge < -0.3 is 15.1 Å². The number of nitrogens with zero attached hydrogens (tertiary/aromatic N) is 5. The number of benzene rings is 3. The van der Waals surface area contributed by atoms with Gasteiger partial charge in [-0.15, -0.1) is 5.10 Å². The molecule has 0 bridgehead atoms. The SMILES string of the molecule is O=C(NCCC(=O)N1CCN(c2ccccc2)CC1)c1nc(-c2ccccc2)n(-c2ccccc2)n1. The third-order valence-electron chi connectivity index (χ3n) is 6.22. The fourth-order valence-electron chi connectivity index (χ4n) is 4.30. The number of carbonyl (C=O) groups excluding carboxylic acids is 2. The van der Waals surface area contributed by atoms with Crippen molar-refractivity contribution < 1.29 is 9.59 Å². The maximum absolute atomic E-state index is 12.8. The van der Waals surface area contributed by atoms with Gasteiger partial charge in [0.1, 0.15) is 0 Å². The molecule has 1 aliphatic heterocycles. The average Bonchev–Trinajstić information content (AvgIpc) is 3.40. The largest absolute Gasteiger partial charge is 0.368 e. The van der Waals surface area contributed by atoms with Gasteiger partial charge in [-0.1, -0.05) is 66.7 Å². The van der Waals surface area contributed by atoms with Crippen molar-refractivity contribution in [2.24, 2.45) is 0 Å². The van der Waals surface area contributed by atoms with E-state index >= 15 is 0 Å². The Bertz CT molecular complexity index is 1240. The number of piperazine rings is 1. The van der Waals surface area contributed by atoms with E-state index in [1.54, 1.807) is 4.68 Å². The molecular formula is C28H28N6O2. The fourth-order valence-corrected chi connectivity index (χ4v) is 4.30.